The number of rotatable bonds is 6. The molecule has 13 aromatic rings. The Morgan fingerprint density at radius 2 is 0.500 bits per heavy atom. The topological polar surface area (TPSA) is 32.3 Å². The third-order valence-corrected chi connectivity index (χ3v) is 13.9. The first-order valence-electron chi connectivity index (χ1n) is 23.5. The molecule has 0 spiro atoms. The van der Waals surface area contributed by atoms with Gasteiger partial charge in [0.15, 0.2) is 0 Å². The predicted molar refractivity (Wildman–Crippen MR) is 290 cm³/mol. The van der Waals surface area contributed by atoms with Crippen LogP contribution in [0, 0.1) is 27.7 Å². The summed E-state index contributed by atoms with van der Waals surface area (Å²) in [6.07, 6.45) is 0. The number of hydrogen-bond acceptors (Lipinski definition) is 4. The van der Waals surface area contributed by atoms with E-state index in [4.69, 9.17) is 9.97 Å². The molecule has 0 atom stereocenters. The Morgan fingerprint density at radius 3 is 0.868 bits per heavy atom. The zero-order valence-electron chi connectivity index (χ0n) is 38.4. The van der Waals surface area contributed by atoms with Gasteiger partial charge in [0.2, 0.25) is 0 Å². The highest BCUT2D eigenvalue weighted by Crippen LogP contribution is 2.46. The van der Waals surface area contributed by atoms with Crippen LogP contribution in [-0.4, -0.2) is 9.97 Å². The molecule has 0 saturated carbocycles. The molecule has 0 aliphatic rings. The van der Waals surface area contributed by atoms with Gasteiger partial charge in [0.1, 0.15) is 0 Å². The maximum Gasteiger partial charge on any atom is 0.0497 e. The summed E-state index contributed by atoms with van der Waals surface area (Å²) in [5.74, 6) is 0. The molecule has 0 unspecified atom stereocenters. The highest BCUT2D eigenvalue weighted by Gasteiger charge is 2.21. The van der Waals surface area contributed by atoms with Gasteiger partial charge >= 0.3 is 0 Å². The summed E-state index contributed by atoms with van der Waals surface area (Å²) >= 11 is 0. The van der Waals surface area contributed by atoms with E-state index in [0.717, 1.165) is 56.9 Å². The number of aromatic nitrogens is 2. The van der Waals surface area contributed by atoms with Gasteiger partial charge in [0.25, 0.3) is 0 Å². The van der Waals surface area contributed by atoms with Crippen LogP contribution < -0.4 is 9.80 Å². The van der Waals surface area contributed by atoms with Gasteiger partial charge in [-0.05, 0) is 199 Å². The van der Waals surface area contributed by atoms with Crippen LogP contribution in [0.2, 0.25) is 0 Å². The summed E-state index contributed by atoms with van der Waals surface area (Å²) in [4.78, 5) is 14.3. The zero-order chi connectivity index (χ0) is 45.6. The maximum absolute atomic E-state index is 4.77. The smallest absolute Gasteiger partial charge is 0.0497 e. The average molecular weight is 871 g/mol. The Morgan fingerprint density at radius 1 is 0.221 bits per heavy atom. The lowest BCUT2D eigenvalue weighted by atomic mass is 9.88. The molecule has 2 heterocycles. The van der Waals surface area contributed by atoms with Gasteiger partial charge < -0.3 is 9.80 Å². The van der Waals surface area contributed by atoms with E-state index in [0.29, 0.717) is 0 Å². The van der Waals surface area contributed by atoms with Crippen LogP contribution in [0.15, 0.2) is 206 Å². The highest BCUT2D eigenvalue weighted by atomic mass is 15.1. The summed E-state index contributed by atoms with van der Waals surface area (Å²) in [5.41, 5.74) is 10.6. The number of aryl methyl sites for hydroxylation is 4. The molecule has 68 heavy (non-hydrogen) atoms. The highest BCUT2D eigenvalue weighted by molar-refractivity contribution is 6.33. The summed E-state index contributed by atoms with van der Waals surface area (Å²) in [6.45, 7) is 8.32. The van der Waals surface area contributed by atoms with Crippen LogP contribution in [0.1, 0.15) is 22.8 Å². The van der Waals surface area contributed by atoms with E-state index in [1.54, 1.807) is 0 Å². The maximum atomic E-state index is 4.77. The van der Waals surface area contributed by atoms with Crippen molar-refractivity contribution in [2.45, 2.75) is 27.7 Å². The number of fused-ring (bicyclic) bond motifs is 14. The molecule has 0 amide bonds. The Bertz CT molecular complexity index is 3910. The van der Waals surface area contributed by atoms with Crippen molar-refractivity contribution < 1.29 is 0 Å². The van der Waals surface area contributed by atoms with Gasteiger partial charge in [0, 0.05) is 56.9 Å². The van der Waals surface area contributed by atoms with E-state index in [9.17, 15) is 0 Å². The molecule has 2 aromatic heterocycles. The Balaban J connectivity index is 1.04. The summed E-state index contributed by atoms with van der Waals surface area (Å²) in [5, 5.41) is 19.7. The van der Waals surface area contributed by atoms with Crippen LogP contribution >= 0.6 is 0 Å². The summed E-state index contributed by atoms with van der Waals surface area (Å²) in [7, 11) is 0. The number of benzene rings is 11. The molecule has 0 saturated heterocycles. The van der Waals surface area contributed by atoms with Crippen molar-refractivity contribution in [1.82, 2.24) is 9.97 Å². The molecule has 0 bridgehead atoms. The van der Waals surface area contributed by atoms with Crippen molar-refractivity contribution in [3.63, 3.8) is 0 Å². The third-order valence-electron chi connectivity index (χ3n) is 13.9. The third kappa shape index (κ3) is 6.52. The number of anilines is 6. The van der Waals surface area contributed by atoms with E-state index in [2.05, 4.69) is 244 Å². The van der Waals surface area contributed by atoms with E-state index in [1.807, 2.05) is 0 Å². The number of pyridine rings is 2. The molecule has 0 aliphatic carbocycles. The van der Waals surface area contributed by atoms with Crippen LogP contribution in [-0.2, 0) is 0 Å². The van der Waals surface area contributed by atoms with Crippen LogP contribution in [0.5, 0.6) is 0 Å². The monoisotopic (exact) mass is 870 g/mol. The van der Waals surface area contributed by atoms with Crippen molar-refractivity contribution in [3.8, 4) is 0 Å². The normalized spacial score (nSPS) is 11.8. The minimum Gasteiger partial charge on any atom is -0.310 e. The molecular formula is C64H46N4. The largest absolute Gasteiger partial charge is 0.310 e. The average Bonchev–Trinajstić information content (AvgIpc) is 3.35. The second-order valence-electron chi connectivity index (χ2n) is 18.4. The van der Waals surface area contributed by atoms with Crippen molar-refractivity contribution in [2.24, 2.45) is 0 Å². The lowest BCUT2D eigenvalue weighted by Gasteiger charge is -2.27. The molecule has 0 fully saturated rings. The van der Waals surface area contributed by atoms with Gasteiger partial charge in [-0.3, -0.25) is 9.97 Å². The van der Waals surface area contributed by atoms with Crippen molar-refractivity contribution >= 4 is 120 Å². The molecule has 0 aliphatic heterocycles. The molecule has 0 radical (unpaired) electrons. The quantitative estimate of drug-likeness (QED) is 0.123. The molecule has 322 valence electrons. The minimum absolute atomic E-state index is 0.993. The molecule has 0 N–H and O–H groups in total. The second kappa shape index (κ2) is 15.5. The van der Waals surface area contributed by atoms with Crippen molar-refractivity contribution in [3.05, 3.63) is 229 Å². The van der Waals surface area contributed by atoms with Crippen LogP contribution in [0.25, 0.3) is 86.2 Å². The van der Waals surface area contributed by atoms with Gasteiger partial charge in [0.05, 0.1) is 0 Å². The van der Waals surface area contributed by atoms with Crippen LogP contribution in [0.4, 0.5) is 34.1 Å². The lowest BCUT2D eigenvalue weighted by Crippen LogP contribution is -2.11. The van der Waals surface area contributed by atoms with E-state index >= 15 is 0 Å². The standard InChI is InChI=1S/C64H46N4/c1-39-29-51(30-40(2)65-39)67(47-23-21-43-13-5-7-15-45(43)33-47)49-25-27-57-59(35-49)53-17-9-11-19-55(53)61-38-64-58-28-26-50(36-60(58)54-18-10-12-20-56(54)62(64)37-63(57)61)68(52-31-41(3)66-42(4)32-52)48-24-22-44-14-6-8-16-46(44)34-48/h5-38H,1-4H3. The Labute approximate surface area is 395 Å². The van der Waals surface area contributed by atoms with Crippen molar-refractivity contribution in [2.75, 3.05) is 9.80 Å². The molecule has 4 heteroatoms. The summed E-state index contributed by atoms with van der Waals surface area (Å²) in [6, 6.07) is 76.4. The first-order valence-corrected chi connectivity index (χ1v) is 23.5. The molecular weight excluding hydrogens is 825 g/mol. The van der Waals surface area contributed by atoms with Gasteiger partial charge in [-0.1, -0.05) is 121 Å². The van der Waals surface area contributed by atoms with Gasteiger partial charge in [-0.15, -0.1) is 0 Å². The van der Waals surface area contributed by atoms with E-state index < -0.39 is 0 Å². The number of nitrogens with zero attached hydrogens (tertiary/aromatic N) is 4. The minimum atomic E-state index is 0.993. The SMILES string of the molecule is Cc1cc(N(c2ccc3ccccc3c2)c2ccc3c(c2)c2ccccc2c2cc4c5ccc(N(c6cc(C)nc(C)c6)c6ccc7ccccc7c6)cc5c5ccccc5c4cc32)cc(C)n1. The zero-order valence-corrected chi connectivity index (χ0v) is 38.4. The molecule has 13 rings (SSSR count). The Hall–Kier alpha value is -8.60. The van der Waals surface area contributed by atoms with Gasteiger partial charge in [-0.2, -0.15) is 0 Å². The van der Waals surface area contributed by atoms with E-state index in [-0.39, 0.29) is 0 Å². The lowest BCUT2D eigenvalue weighted by molar-refractivity contribution is 1.11. The fraction of sp³-hybridized carbons (Fsp3) is 0.0625. The Kier molecular flexibility index (Phi) is 9.06. The van der Waals surface area contributed by atoms with E-state index in [1.165, 1.54) is 86.2 Å². The van der Waals surface area contributed by atoms with Gasteiger partial charge in [-0.25, -0.2) is 0 Å². The van der Waals surface area contributed by atoms with Crippen molar-refractivity contribution in [1.29, 1.82) is 0 Å². The fourth-order valence-corrected chi connectivity index (χ4v) is 11.1. The summed E-state index contributed by atoms with van der Waals surface area (Å²) < 4.78 is 0. The van der Waals surface area contributed by atoms with Crippen LogP contribution in [0.3, 0.4) is 0 Å². The molecule has 11 aromatic carbocycles. The first kappa shape index (κ1) is 39.7. The predicted octanol–water partition coefficient (Wildman–Crippen LogP) is 17.9. The fourth-order valence-electron chi connectivity index (χ4n) is 11.1. The second-order valence-corrected chi connectivity index (χ2v) is 18.4. The number of hydrogen-bond donors (Lipinski definition) is 0. The first-order chi connectivity index (χ1) is 33.3. The molecule has 4 nitrogen and oxygen atoms in total.